The van der Waals surface area contributed by atoms with Crippen molar-refractivity contribution in [1.82, 2.24) is 20.1 Å². The van der Waals surface area contributed by atoms with Gasteiger partial charge < -0.3 is 19.2 Å². The van der Waals surface area contributed by atoms with Crippen molar-refractivity contribution in [2.75, 3.05) is 33.0 Å². The Bertz CT molecular complexity index is 1220. The summed E-state index contributed by atoms with van der Waals surface area (Å²) in [6, 6.07) is 10.8. The van der Waals surface area contributed by atoms with Crippen LogP contribution in [0.5, 0.6) is 11.5 Å². The van der Waals surface area contributed by atoms with Crippen LogP contribution < -0.4 is 14.8 Å². The number of nitrogens with one attached hydrogen (secondary N) is 1. The molecule has 1 N–H and O–H groups in total. The Morgan fingerprint density at radius 2 is 1.69 bits per heavy atom. The Labute approximate surface area is 205 Å². The van der Waals surface area contributed by atoms with Gasteiger partial charge in [-0.05, 0) is 35.4 Å². The van der Waals surface area contributed by atoms with Gasteiger partial charge in [-0.3, -0.25) is 14.6 Å². The average Bonchev–Trinajstić information content (AvgIpc) is 3.53. The third-order valence-electron chi connectivity index (χ3n) is 6.16. The molecule has 0 bridgehead atoms. The number of oxazole rings is 1. The lowest BCUT2D eigenvalue weighted by Crippen LogP contribution is -2.45. The van der Waals surface area contributed by atoms with Crippen LogP contribution in [0.2, 0.25) is 0 Å². The average molecular weight is 502 g/mol. The number of piperazine rings is 1. The molecule has 11 heteroatoms. The highest BCUT2D eigenvalue weighted by atomic mass is 19.4. The number of aromatic nitrogens is 1. The van der Waals surface area contributed by atoms with Gasteiger partial charge in [0.15, 0.2) is 17.2 Å². The number of benzene rings is 2. The second kappa shape index (κ2) is 10.2. The molecule has 0 atom stereocenters. The first-order valence-corrected chi connectivity index (χ1v) is 11.6. The van der Waals surface area contributed by atoms with E-state index >= 15 is 0 Å². The summed E-state index contributed by atoms with van der Waals surface area (Å²) in [6.45, 7) is 4.90. The third kappa shape index (κ3) is 5.80. The lowest BCUT2D eigenvalue weighted by molar-refractivity contribution is -0.137. The van der Waals surface area contributed by atoms with Crippen molar-refractivity contribution in [1.29, 1.82) is 0 Å². The number of carbonyl (C=O) groups excluding carboxylic acids is 1. The molecule has 1 saturated heterocycles. The van der Waals surface area contributed by atoms with Crippen molar-refractivity contribution < 1.29 is 31.9 Å². The predicted octanol–water partition coefficient (Wildman–Crippen LogP) is 3.67. The van der Waals surface area contributed by atoms with Crippen LogP contribution in [0.1, 0.15) is 33.1 Å². The Morgan fingerprint density at radius 1 is 0.944 bits per heavy atom. The van der Waals surface area contributed by atoms with E-state index in [-0.39, 0.29) is 19.0 Å². The van der Waals surface area contributed by atoms with Gasteiger partial charge >= 0.3 is 6.18 Å². The summed E-state index contributed by atoms with van der Waals surface area (Å²) in [6.07, 6.45) is -3.16. The van der Waals surface area contributed by atoms with Crippen LogP contribution in [0, 0.1) is 0 Å². The number of carbonyl (C=O) groups is 1. The van der Waals surface area contributed by atoms with Crippen LogP contribution in [0.4, 0.5) is 13.2 Å². The molecule has 3 aromatic rings. The van der Waals surface area contributed by atoms with Crippen molar-refractivity contribution in [2.45, 2.75) is 25.8 Å². The van der Waals surface area contributed by atoms with Gasteiger partial charge in [-0.25, -0.2) is 4.98 Å². The summed E-state index contributed by atoms with van der Waals surface area (Å²) in [7, 11) is 0. The summed E-state index contributed by atoms with van der Waals surface area (Å²) in [4.78, 5) is 21.2. The number of ether oxygens (including phenoxy) is 2. The standard InChI is InChI=1S/C25H25F3N4O4/c26-25(27,28)19-3-1-2-17(10-19)12-29-24(33)20-15-34-23(30-20)14-32-8-6-31(7-9-32)13-18-4-5-21-22(11-18)36-16-35-21/h1-5,10-11,15H,6-9,12-14,16H2,(H,29,33). The second-order valence-corrected chi connectivity index (χ2v) is 8.75. The first-order chi connectivity index (χ1) is 17.3. The molecule has 2 aliphatic heterocycles. The molecule has 0 spiro atoms. The number of rotatable bonds is 7. The van der Waals surface area contributed by atoms with Crippen LogP contribution >= 0.6 is 0 Å². The summed E-state index contributed by atoms with van der Waals surface area (Å²) < 4.78 is 54.9. The molecule has 190 valence electrons. The minimum absolute atomic E-state index is 0.0454. The Balaban J connectivity index is 1.08. The third-order valence-corrected chi connectivity index (χ3v) is 6.16. The number of hydrogen-bond donors (Lipinski definition) is 1. The van der Waals surface area contributed by atoms with Gasteiger partial charge in [-0.1, -0.05) is 18.2 Å². The molecule has 1 aromatic heterocycles. The number of nitrogens with zero attached hydrogens (tertiary/aromatic N) is 3. The van der Waals surface area contributed by atoms with E-state index in [4.69, 9.17) is 13.9 Å². The lowest BCUT2D eigenvalue weighted by atomic mass is 10.1. The molecule has 0 radical (unpaired) electrons. The Hall–Kier alpha value is -3.57. The van der Waals surface area contributed by atoms with E-state index in [0.29, 0.717) is 18.0 Å². The molecule has 0 aliphatic carbocycles. The minimum Gasteiger partial charge on any atom is -0.454 e. The van der Waals surface area contributed by atoms with Crippen molar-refractivity contribution in [3.63, 3.8) is 0 Å². The fourth-order valence-corrected chi connectivity index (χ4v) is 4.21. The predicted molar refractivity (Wildman–Crippen MR) is 122 cm³/mol. The smallest absolute Gasteiger partial charge is 0.416 e. The molecule has 0 saturated carbocycles. The molecule has 3 heterocycles. The molecule has 2 aromatic carbocycles. The minimum atomic E-state index is -4.43. The number of hydrogen-bond acceptors (Lipinski definition) is 7. The molecular weight excluding hydrogens is 477 g/mol. The van der Waals surface area contributed by atoms with E-state index in [2.05, 4.69) is 20.1 Å². The fraction of sp³-hybridized carbons (Fsp3) is 0.360. The summed E-state index contributed by atoms with van der Waals surface area (Å²) >= 11 is 0. The molecular formula is C25H25F3N4O4. The van der Waals surface area contributed by atoms with Gasteiger partial charge in [0, 0.05) is 39.3 Å². The molecule has 2 aliphatic rings. The van der Waals surface area contributed by atoms with E-state index in [1.807, 2.05) is 18.2 Å². The largest absolute Gasteiger partial charge is 0.454 e. The van der Waals surface area contributed by atoms with Gasteiger partial charge in [0.05, 0.1) is 12.1 Å². The SMILES string of the molecule is O=C(NCc1cccc(C(F)(F)F)c1)c1coc(CN2CCN(Cc3ccc4c(c3)OCO4)CC2)n1. The number of fused-ring (bicyclic) bond motifs is 1. The number of halogens is 3. The van der Waals surface area contributed by atoms with Crippen LogP contribution in [0.15, 0.2) is 53.1 Å². The van der Waals surface area contributed by atoms with E-state index in [9.17, 15) is 18.0 Å². The van der Waals surface area contributed by atoms with Crippen LogP contribution in [-0.2, 0) is 25.8 Å². The normalized spacial score (nSPS) is 16.3. The fourth-order valence-electron chi connectivity index (χ4n) is 4.21. The topological polar surface area (TPSA) is 80.1 Å². The highest BCUT2D eigenvalue weighted by Gasteiger charge is 2.30. The Morgan fingerprint density at radius 3 is 2.47 bits per heavy atom. The lowest BCUT2D eigenvalue weighted by Gasteiger charge is -2.34. The van der Waals surface area contributed by atoms with Gasteiger partial charge in [-0.15, -0.1) is 0 Å². The maximum Gasteiger partial charge on any atom is 0.416 e. The molecule has 1 amide bonds. The highest BCUT2D eigenvalue weighted by molar-refractivity contribution is 5.91. The molecule has 36 heavy (non-hydrogen) atoms. The molecule has 5 rings (SSSR count). The first kappa shape index (κ1) is 24.1. The van der Waals surface area contributed by atoms with Gasteiger partial charge in [0.1, 0.15) is 6.26 Å². The molecule has 0 unspecified atom stereocenters. The first-order valence-electron chi connectivity index (χ1n) is 11.6. The van der Waals surface area contributed by atoms with E-state index in [0.717, 1.165) is 56.4 Å². The van der Waals surface area contributed by atoms with Crippen molar-refractivity contribution in [2.24, 2.45) is 0 Å². The van der Waals surface area contributed by atoms with Crippen molar-refractivity contribution in [3.05, 3.63) is 77.0 Å². The quantitative estimate of drug-likeness (QED) is 0.528. The second-order valence-electron chi connectivity index (χ2n) is 8.75. The zero-order valence-corrected chi connectivity index (χ0v) is 19.4. The van der Waals surface area contributed by atoms with Crippen molar-refractivity contribution in [3.8, 4) is 11.5 Å². The summed E-state index contributed by atoms with van der Waals surface area (Å²) in [5, 5.41) is 2.59. The monoisotopic (exact) mass is 502 g/mol. The van der Waals surface area contributed by atoms with Crippen molar-refractivity contribution >= 4 is 5.91 Å². The van der Waals surface area contributed by atoms with Gasteiger partial charge in [-0.2, -0.15) is 13.2 Å². The van der Waals surface area contributed by atoms with Crippen LogP contribution in [-0.4, -0.2) is 53.7 Å². The summed E-state index contributed by atoms with van der Waals surface area (Å²) in [5.74, 6) is 1.47. The zero-order chi connectivity index (χ0) is 25.1. The number of amides is 1. The number of alkyl halides is 3. The molecule has 8 nitrogen and oxygen atoms in total. The highest BCUT2D eigenvalue weighted by Crippen LogP contribution is 2.33. The van der Waals surface area contributed by atoms with Crippen LogP contribution in [0.3, 0.4) is 0 Å². The van der Waals surface area contributed by atoms with Gasteiger partial charge in [0.25, 0.3) is 5.91 Å². The van der Waals surface area contributed by atoms with E-state index < -0.39 is 17.6 Å². The van der Waals surface area contributed by atoms with E-state index in [1.54, 1.807) is 0 Å². The maximum absolute atomic E-state index is 12.9. The molecule has 1 fully saturated rings. The Kier molecular flexibility index (Phi) is 6.84. The van der Waals surface area contributed by atoms with Crippen LogP contribution in [0.25, 0.3) is 0 Å². The zero-order valence-electron chi connectivity index (χ0n) is 19.4. The van der Waals surface area contributed by atoms with E-state index in [1.165, 1.54) is 24.0 Å². The summed E-state index contributed by atoms with van der Waals surface area (Å²) in [5.41, 5.74) is 0.856. The maximum atomic E-state index is 12.9. The van der Waals surface area contributed by atoms with Gasteiger partial charge in [0.2, 0.25) is 12.7 Å².